The van der Waals surface area contributed by atoms with E-state index in [0.717, 1.165) is 42.5 Å². The molecule has 3 rings (SSSR count). The van der Waals surface area contributed by atoms with E-state index in [9.17, 15) is 8.42 Å². The van der Waals surface area contributed by atoms with Crippen LogP contribution in [0.5, 0.6) is 0 Å². The summed E-state index contributed by atoms with van der Waals surface area (Å²) in [5, 5.41) is 0. The summed E-state index contributed by atoms with van der Waals surface area (Å²) >= 11 is 0. The molecule has 5 nitrogen and oxygen atoms in total. The number of anilines is 1. The summed E-state index contributed by atoms with van der Waals surface area (Å²) in [5.41, 5.74) is 8.68. The second-order valence-corrected chi connectivity index (χ2v) is 7.38. The molecule has 0 bridgehead atoms. The molecule has 1 saturated heterocycles. The van der Waals surface area contributed by atoms with Gasteiger partial charge in [0.1, 0.15) is 0 Å². The van der Waals surface area contributed by atoms with Gasteiger partial charge in [-0.1, -0.05) is 6.07 Å². The van der Waals surface area contributed by atoms with Crippen LogP contribution in [0.2, 0.25) is 0 Å². The molecule has 0 aromatic heterocycles. The van der Waals surface area contributed by atoms with Crippen LogP contribution in [0.15, 0.2) is 18.2 Å². The smallest absolute Gasteiger partial charge is 0.214 e. The second kappa shape index (κ2) is 5.35. The summed E-state index contributed by atoms with van der Waals surface area (Å²) in [5.74, 6) is 0.0633. The topological polar surface area (TPSA) is 81.4 Å². The lowest BCUT2D eigenvalue weighted by atomic mass is 10.1. The normalized spacial score (nSPS) is 25.8. The minimum atomic E-state index is -3.31. The van der Waals surface area contributed by atoms with E-state index in [1.807, 2.05) is 18.2 Å². The summed E-state index contributed by atoms with van der Waals surface area (Å²) in [6.45, 7) is 0.672. The van der Waals surface area contributed by atoms with Gasteiger partial charge in [-0.25, -0.2) is 13.1 Å². The summed E-state index contributed by atoms with van der Waals surface area (Å²) in [7, 11) is -3.31. The van der Waals surface area contributed by atoms with Gasteiger partial charge in [0.25, 0.3) is 0 Å². The van der Waals surface area contributed by atoms with Crippen molar-refractivity contribution in [3.8, 4) is 0 Å². The van der Waals surface area contributed by atoms with Crippen molar-refractivity contribution < 1.29 is 13.2 Å². The third-order valence-corrected chi connectivity index (χ3v) is 5.45. The van der Waals surface area contributed by atoms with Crippen LogP contribution in [0.3, 0.4) is 0 Å². The monoisotopic (exact) mass is 296 g/mol. The quantitative estimate of drug-likeness (QED) is 0.822. The highest BCUT2D eigenvalue weighted by Crippen LogP contribution is 2.33. The Morgan fingerprint density at radius 1 is 1.35 bits per heavy atom. The summed E-state index contributed by atoms with van der Waals surface area (Å²) < 4.78 is 32.6. The van der Waals surface area contributed by atoms with Gasteiger partial charge in [0, 0.05) is 18.3 Å². The second-order valence-electron chi connectivity index (χ2n) is 5.58. The maximum Gasteiger partial charge on any atom is 0.214 e. The fourth-order valence-corrected chi connectivity index (χ4v) is 4.57. The van der Waals surface area contributed by atoms with Crippen LogP contribution in [0.25, 0.3) is 0 Å². The molecule has 1 fully saturated rings. The average Bonchev–Trinajstić information content (AvgIpc) is 2.98. The number of fused-ring (bicyclic) bond motifs is 1. The van der Waals surface area contributed by atoms with Crippen LogP contribution < -0.4 is 10.5 Å². The van der Waals surface area contributed by atoms with Crippen LogP contribution in [-0.4, -0.2) is 26.9 Å². The van der Waals surface area contributed by atoms with E-state index in [2.05, 4.69) is 4.72 Å². The molecule has 1 aromatic carbocycles. The molecule has 6 heteroatoms. The van der Waals surface area contributed by atoms with Crippen LogP contribution >= 0.6 is 0 Å². The van der Waals surface area contributed by atoms with Crippen molar-refractivity contribution >= 4 is 15.7 Å². The van der Waals surface area contributed by atoms with Crippen molar-refractivity contribution in [3.63, 3.8) is 0 Å². The van der Waals surface area contributed by atoms with Gasteiger partial charge in [-0.15, -0.1) is 0 Å². The summed E-state index contributed by atoms with van der Waals surface area (Å²) in [6, 6.07) is 5.56. The van der Waals surface area contributed by atoms with E-state index in [1.54, 1.807) is 0 Å². The lowest BCUT2D eigenvalue weighted by Gasteiger charge is -2.16. The van der Waals surface area contributed by atoms with E-state index in [4.69, 9.17) is 10.5 Å². The SMILES string of the molecule is Nc1ccc2c(c1)CCC2NS(=O)(=O)CC1CCCO1. The van der Waals surface area contributed by atoms with Crippen LogP contribution in [0, 0.1) is 0 Å². The first-order valence-electron chi connectivity index (χ1n) is 7.03. The van der Waals surface area contributed by atoms with Crippen molar-refractivity contribution in [1.82, 2.24) is 4.72 Å². The number of nitrogens with one attached hydrogen (secondary N) is 1. The predicted octanol–water partition coefficient (Wildman–Crippen LogP) is 1.35. The van der Waals surface area contributed by atoms with Crippen LogP contribution in [-0.2, 0) is 21.2 Å². The number of hydrogen-bond donors (Lipinski definition) is 2. The Balaban J connectivity index is 1.70. The van der Waals surface area contributed by atoms with Gasteiger partial charge in [0.05, 0.1) is 11.9 Å². The number of aryl methyl sites for hydroxylation is 1. The Hall–Kier alpha value is -1.11. The molecule has 0 amide bonds. The van der Waals surface area contributed by atoms with Crippen molar-refractivity contribution in [1.29, 1.82) is 0 Å². The minimum absolute atomic E-state index is 0.0633. The lowest BCUT2D eigenvalue weighted by molar-refractivity contribution is 0.127. The van der Waals surface area contributed by atoms with Gasteiger partial charge < -0.3 is 10.5 Å². The van der Waals surface area contributed by atoms with Gasteiger partial charge in [0.15, 0.2) is 0 Å². The first kappa shape index (κ1) is 13.9. The molecular weight excluding hydrogens is 276 g/mol. The fraction of sp³-hybridized carbons (Fsp3) is 0.571. The van der Waals surface area contributed by atoms with Crippen molar-refractivity contribution in [2.24, 2.45) is 0 Å². The van der Waals surface area contributed by atoms with Crippen molar-refractivity contribution in [2.75, 3.05) is 18.1 Å². The summed E-state index contributed by atoms with van der Waals surface area (Å²) in [4.78, 5) is 0. The van der Waals surface area contributed by atoms with Gasteiger partial charge in [-0.05, 0) is 48.9 Å². The highest BCUT2D eigenvalue weighted by molar-refractivity contribution is 7.89. The third kappa shape index (κ3) is 2.97. The molecule has 0 radical (unpaired) electrons. The van der Waals surface area contributed by atoms with E-state index in [-0.39, 0.29) is 17.9 Å². The number of hydrogen-bond acceptors (Lipinski definition) is 4. The Bertz CT molecular complexity index is 594. The predicted molar refractivity (Wildman–Crippen MR) is 77.8 cm³/mol. The third-order valence-electron chi connectivity index (χ3n) is 4.00. The first-order valence-corrected chi connectivity index (χ1v) is 8.69. The molecule has 1 aromatic rings. The number of rotatable bonds is 4. The van der Waals surface area contributed by atoms with E-state index < -0.39 is 10.0 Å². The number of nitrogens with two attached hydrogens (primary N) is 1. The Labute approximate surface area is 119 Å². The molecule has 20 heavy (non-hydrogen) atoms. The molecule has 2 atom stereocenters. The lowest BCUT2D eigenvalue weighted by Crippen LogP contribution is -2.34. The molecule has 1 aliphatic heterocycles. The molecule has 1 heterocycles. The van der Waals surface area contributed by atoms with E-state index in [0.29, 0.717) is 6.61 Å². The van der Waals surface area contributed by atoms with Gasteiger partial charge in [-0.2, -0.15) is 0 Å². The van der Waals surface area contributed by atoms with Crippen molar-refractivity contribution in [3.05, 3.63) is 29.3 Å². The zero-order valence-electron chi connectivity index (χ0n) is 11.3. The zero-order chi connectivity index (χ0) is 14.2. The molecule has 110 valence electrons. The standard InChI is InChI=1S/C14H20N2O3S/c15-11-4-5-13-10(8-11)3-6-14(13)16-20(17,18)9-12-2-1-7-19-12/h4-5,8,12,14,16H,1-3,6-7,9,15H2. The Kier molecular flexibility index (Phi) is 3.70. The summed E-state index contributed by atoms with van der Waals surface area (Å²) in [6.07, 6.45) is 3.29. The maximum atomic E-state index is 12.2. The molecule has 2 unspecified atom stereocenters. The zero-order valence-corrected chi connectivity index (χ0v) is 12.2. The molecular formula is C14H20N2O3S. The first-order chi connectivity index (χ1) is 9.53. The number of benzene rings is 1. The number of sulfonamides is 1. The average molecular weight is 296 g/mol. The fourth-order valence-electron chi connectivity index (χ4n) is 3.05. The van der Waals surface area contributed by atoms with Gasteiger partial charge >= 0.3 is 0 Å². The molecule has 2 aliphatic rings. The maximum absolute atomic E-state index is 12.2. The molecule has 0 spiro atoms. The van der Waals surface area contributed by atoms with Gasteiger partial charge in [0.2, 0.25) is 10.0 Å². The highest BCUT2D eigenvalue weighted by atomic mass is 32.2. The van der Waals surface area contributed by atoms with Crippen molar-refractivity contribution in [2.45, 2.75) is 37.8 Å². The number of nitrogen functional groups attached to an aromatic ring is 1. The molecule has 0 saturated carbocycles. The molecule has 3 N–H and O–H groups in total. The molecule has 1 aliphatic carbocycles. The Morgan fingerprint density at radius 2 is 2.20 bits per heavy atom. The highest BCUT2D eigenvalue weighted by Gasteiger charge is 2.29. The van der Waals surface area contributed by atoms with Crippen LogP contribution in [0.1, 0.15) is 36.4 Å². The van der Waals surface area contributed by atoms with Crippen LogP contribution in [0.4, 0.5) is 5.69 Å². The van der Waals surface area contributed by atoms with Gasteiger partial charge in [-0.3, -0.25) is 0 Å². The Morgan fingerprint density at radius 3 is 2.95 bits per heavy atom. The van der Waals surface area contributed by atoms with E-state index in [1.165, 1.54) is 0 Å². The largest absolute Gasteiger partial charge is 0.399 e. The van der Waals surface area contributed by atoms with E-state index >= 15 is 0 Å². The number of ether oxygens (including phenoxy) is 1. The minimum Gasteiger partial charge on any atom is -0.399 e.